The molecule has 0 aliphatic carbocycles. The Morgan fingerprint density at radius 1 is 1.24 bits per heavy atom. The zero-order valence-electron chi connectivity index (χ0n) is 14.5. The first-order valence-corrected chi connectivity index (χ1v) is 9.58. The second kappa shape index (κ2) is 7.41. The van der Waals surface area contributed by atoms with Crippen LogP contribution in [0.1, 0.15) is 16.1 Å². The first-order valence-electron chi connectivity index (χ1n) is 7.78. The smallest absolute Gasteiger partial charge is 0.236 e. The number of anilines is 1. The summed E-state index contributed by atoms with van der Waals surface area (Å²) in [4.78, 5) is 22.3. The number of nitrogens with one attached hydrogen (secondary N) is 1. The lowest BCUT2D eigenvalue weighted by atomic mass is 10.2. The molecular weight excluding hydrogens is 354 g/mol. The lowest BCUT2D eigenvalue weighted by Gasteiger charge is -2.08. The largest absolute Gasteiger partial charge is 0.497 e. The van der Waals surface area contributed by atoms with Crippen molar-refractivity contribution < 1.29 is 9.53 Å². The number of hydrogen-bond acceptors (Lipinski definition) is 6. The van der Waals surface area contributed by atoms with Crippen LogP contribution < -0.4 is 10.1 Å². The van der Waals surface area contributed by atoms with E-state index < -0.39 is 0 Å². The topological polar surface area (TPSA) is 64.1 Å². The zero-order chi connectivity index (χ0) is 18.0. The summed E-state index contributed by atoms with van der Waals surface area (Å²) in [6.07, 6.45) is 0. The number of benzene rings is 1. The maximum Gasteiger partial charge on any atom is 0.236 e. The van der Waals surface area contributed by atoms with Gasteiger partial charge in [-0.05, 0) is 44.5 Å². The summed E-state index contributed by atoms with van der Waals surface area (Å²) in [6.45, 7) is 5.94. The van der Waals surface area contributed by atoms with Crippen LogP contribution in [0.4, 0.5) is 5.13 Å². The maximum atomic E-state index is 12.2. The summed E-state index contributed by atoms with van der Waals surface area (Å²) < 4.78 is 5.25. The van der Waals surface area contributed by atoms with Gasteiger partial charge in [-0.15, -0.1) is 11.3 Å². The number of ether oxygens (including phenoxy) is 1. The van der Waals surface area contributed by atoms with Crippen LogP contribution in [-0.4, -0.2) is 28.7 Å². The van der Waals surface area contributed by atoms with E-state index in [0.29, 0.717) is 10.9 Å². The lowest BCUT2D eigenvalue weighted by molar-refractivity contribution is -0.113. The molecule has 3 rings (SSSR count). The normalized spacial score (nSPS) is 10.9. The van der Waals surface area contributed by atoms with Gasteiger partial charge >= 0.3 is 0 Å². The zero-order valence-corrected chi connectivity index (χ0v) is 16.2. The average Bonchev–Trinajstić information content (AvgIpc) is 2.90. The molecule has 0 bridgehead atoms. The Balaban J connectivity index is 1.71. The minimum Gasteiger partial charge on any atom is -0.497 e. The number of aryl methyl sites for hydroxylation is 3. The number of methoxy groups -OCH3 is 1. The van der Waals surface area contributed by atoms with Gasteiger partial charge in [-0.3, -0.25) is 4.79 Å². The standard InChI is InChI=1S/C18H19N3O2S2/c1-10-7-13-5-6-14(23-4)8-15(13)20-17(10)24-9-16(22)21-18-19-11(2)12(3)25-18/h5-8H,9H2,1-4H3,(H,19,21,22). The molecule has 0 saturated heterocycles. The molecule has 0 radical (unpaired) electrons. The van der Waals surface area contributed by atoms with Gasteiger partial charge in [-0.1, -0.05) is 11.8 Å². The number of aromatic nitrogens is 2. The Bertz CT molecular complexity index is 918. The minimum atomic E-state index is -0.0781. The molecule has 0 aliphatic heterocycles. The molecule has 0 unspecified atom stereocenters. The van der Waals surface area contributed by atoms with Gasteiger partial charge in [-0.25, -0.2) is 9.97 Å². The first-order chi connectivity index (χ1) is 12.0. The number of pyridine rings is 1. The number of carbonyl (C=O) groups is 1. The molecule has 2 heterocycles. The van der Waals surface area contributed by atoms with E-state index in [1.165, 1.54) is 23.1 Å². The third-order valence-corrected chi connectivity index (χ3v) is 5.87. The number of amides is 1. The Morgan fingerprint density at radius 3 is 2.72 bits per heavy atom. The molecular formula is C18H19N3O2S2. The van der Waals surface area contributed by atoms with Gasteiger partial charge in [0.2, 0.25) is 5.91 Å². The number of hydrogen-bond donors (Lipinski definition) is 1. The monoisotopic (exact) mass is 373 g/mol. The summed E-state index contributed by atoms with van der Waals surface area (Å²) in [6, 6.07) is 7.89. The highest BCUT2D eigenvalue weighted by Gasteiger charge is 2.11. The fourth-order valence-corrected chi connectivity index (χ4v) is 3.94. The highest BCUT2D eigenvalue weighted by molar-refractivity contribution is 8.00. The first kappa shape index (κ1) is 17.7. The Kier molecular flexibility index (Phi) is 5.24. The van der Waals surface area contributed by atoms with Gasteiger partial charge in [0.15, 0.2) is 5.13 Å². The van der Waals surface area contributed by atoms with Crippen LogP contribution in [0.25, 0.3) is 10.9 Å². The lowest BCUT2D eigenvalue weighted by Crippen LogP contribution is -2.14. The third-order valence-electron chi connectivity index (χ3n) is 3.78. The number of nitrogens with zero attached hydrogens (tertiary/aromatic N) is 2. The maximum absolute atomic E-state index is 12.2. The van der Waals surface area contributed by atoms with E-state index in [1.54, 1.807) is 7.11 Å². The van der Waals surface area contributed by atoms with Crippen molar-refractivity contribution in [1.29, 1.82) is 0 Å². The molecule has 0 saturated carbocycles. The average molecular weight is 374 g/mol. The molecule has 0 spiro atoms. The van der Waals surface area contributed by atoms with Crippen LogP contribution in [-0.2, 0) is 4.79 Å². The number of thiazole rings is 1. The van der Waals surface area contributed by atoms with E-state index in [-0.39, 0.29) is 5.91 Å². The number of carbonyl (C=O) groups excluding carboxylic acids is 1. The van der Waals surface area contributed by atoms with Crippen molar-refractivity contribution in [2.75, 3.05) is 18.2 Å². The Labute approximate surface area is 154 Å². The minimum absolute atomic E-state index is 0.0781. The summed E-state index contributed by atoms with van der Waals surface area (Å²) in [5, 5.41) is 5.40. The summed E-state index contributed by atoms with van der Waals surface area (Å²) in [7, 11) is 1.64. The van der Waals surface area contributed by atoms with Crippen molar-refractivity contribution in [2.45, 2.75) is 25.8 Å². The fourth-order valence-electron chi connectivity index (χ4n) is 2.32. The van der Waals surface area contributed by atoms with Crippen molar-refractivity contribution in [3.05, 3.63) is 40.4 Å². The van der Waals surface area contributed by atoms with Gasteiger partial charge in [0.25, 0.3) is 0 Å². The summed E-state index contributed by atoms with van der Waals surface area (Å²) in [5.74, 6) is 0.985. The van der Waals surface area contributed by atoms with Crippen molar-refractivity contribution >= 4 is 45.0 Å². The molecule has 1 N–H and O–H groups in total. The van der Waals surface area contributed by atoms with Crippen LogP contribution in [0.3, 0.4) is 0 Å². The van der Waals surface area contributed by atoms with Crippen LogP contribution in [0, 0.1) is 20.8 Å². The van der Waals surface area contributed by atoms with Gasteiger partial charge in [0.1, 0.15) is 10.8 Å². The van der Waals surface area contributed by atoms with Crippen LogP contribution in [0.2, 0.25) is 0 Å². The molecule has 1 aromatic carbocycles. The molecule has 3 aromatic rings. The highest BCUT2D eigenvalue weighted by atomic mass is 32.2. The predicted octanol–water partition coefficient (Wildman–Crippen LogP) is 4.36. The molecule has 0 fully saturated rings. The SMILES string of the molecule is COc1ccc2cc(C)c(SCC(=O)Nc3nc(C)c(C)s3)nc2c1. The van der Waals surface area contributed by atoms with Gasteiger partial charge in [-0.2, -0.15) is 0 Å². The van der Waals surface area contributed by atoms with Crippen molar-refractivity contribution in [1.82, 2.24) is 9.97 Å². The Morgan fingerprint density at radius 2 is 2.04 bits per heavy atom. The molecule has 25 heavy (non-hydrogen) atoms. The van der Waals surface area contributed by atoms with Crippen molar-refractivity contribution in [3.8, 4) is 5.75 Å². The van der Waals surface area contributed by atoms with Crippen molar-refractivity contribution in [3.63, 3.8) is 0 Å². The van der Waals surface area contributed by atoms with Crippen LogP contribution in [0.15, 0.2) is 29.3 Å². The summed E-state index contributed by atoms with van der Waals surface area (Å²) in [5.41, 5.74) is 2.87. The number of thioether (sulfide) groups is 1. The quantitative estimate of drug-likeness (QED) is 0.673. The summed E-state index contributed by atoms with van der Waals surface area (Å²) >= 11 is 2.92. The molecule has 0 aliphatic rings. The molecule has 2 aromatic heterocycles. The van der Waals surface area contributed by atoms with Crippen molar-refractivity contribution in [2.24, 2.45) is 0 Å². The number of fused-ring (bicyclic) bond motifs is 1. The predicted molar refractivity (Wildman–Crippen MR) is 104 cm³/mol. The third kappa shape index (κ3) is 4.11. The molecule has 130 valence electrons. The highest BCUT2D eigenvalue weighted by Crippen LogP contribution is 2.27. The van der Waals surface area contributed by atoms with Gasteiger partial charge in [0, 0.05) is 16.3 Å². The van der Waals surface area contributed by atoms with Gasteiger partial charge in [0.05, 0.1) is 24.1 Å². The van der Waals surface area contributed by atoms with E-state index >= 15 is 0 Å². The molecule has 0 atom stereocenters. The fraction of sp³-hybridized carbons (Fsp3) is 0.278. The second-order valence-electron chi connectivity index (χ2n) is 5.67. The van der Waals surface area contributed by atoms with Crippen LogP contribution >= 0.6 is 23.1 Å². The number of rotatable bonds is 5. The van der Waals surface area contributed by atoms with E-state index in [9.17, 15) is 4.79 Å². The Hall–Kier alpha value is -2.12. The van der Waals surface area contributed by atoms with Gasteiger partial charge < -0.3 is 10.1 Å². The van der Waals surface area contributed by atoms with E-state index in [2.05, 4.69) is 21.4 Å². The molecule has 5 nitrogen and oxygen atoms in total. The van der Waals surface area contributed by atoms with E-state index in [0.717, 1.165) is 37.8 Å². The second-order valence-corrected chi connectivity index (χ2v) is 7.83. The van der Waals surface area contributed by atoms with E-state index in [1.807, 2.05) is 39.0 Å². The molecule has 1 amide bonds. The van der Waals surface area contributed by atoms with Crippen LogP contribution in [0.5, 0.6) is 5.75 Å². The van der Waals surface area contributed by atoms with E-state index in [4.69, 9.17) is 4.74 Å². The molecule has 7 heteroatoms.